The maximum absolute atomic E-state index is 13.3. The lowest BCUT2D eigenvalue weighted by molar-refractivity contribution is -0.131. The molecule has 1 saturated heterocycles. The summed E-state index contributed by atoms with van der Waals surface area (Å²) in [6.07, 6.45) is 5.60. The molecule has 1 aromatic carbocycles. The quantitative estimate of drug-likeness (QED) is 0.655. The van der Waals surface area contributed by atoms with Crippen molar-refractivity contribution in [1.82, 2.24) is 9.21 Å². The standard InChI is InChI=1S/C21H28N2O5S/c1-2-27-18-9-11-20(12-10-18)29(25,26)23(16-19-8-7-15-28-19)17-21(24)22-13-5-3-4-6-14-22/h7-12,15H,2-6,13-14,16-17H2,1H3. The molecule has 2 aromatic rings. The molecule has 3 rings (SSSR count). The molecule has 0 aliphatic carbocycles. The van der Waals surface area contributed by atoms with Crippen molar-refractivity contribution in [1.29, 1.82) is 0 Å². The second-order valence-electron chi connectivity index (χ2n) is 7.05. The lowest BCUT2D eigenvalue weighted by atomic mass is 10.2. The van der Waals surface area contributed by atoms with E-state index in [-0.39, 0.29) is 23.9 Å². The lowest BCUT2D eigenvalue weighted by Gasteiger charge is -2.26. The van der Waals surface area contributed by atoms with Crippen LogP contribution in [0.15, 0.2) is 52.0 Å². The van der Waals surface area contributed by atoms with Gasteiger partial charge in [-0.05, 0) is 56.2 Å². The van der Waals surface area contributed by atoms with Crippen molar-refractivity contribution in [3.8, 4) is 5.75 Å². The first kappa shape index (κ1) is 21.4. The van der Waals surface area contributed by atoms with E-state index >= 15 is 0 Å². The molecule has 1 aliphatic heterocycles. The number of ether oxygens (including phenoxy) is 1. The molecule has 0 N–H and O–H groups in total. The Kier molecular flexibility index (Phi) is 7.33. The minimum atomic E-state index is -3.88. The zero-order valence-corrected chi connectivity index (χ0v) is 17.6. The Balaban J connectivity index is 1.82. The van der Waals surface area contributed by atoms with Gasteiger partial charge in [0.1, 0.15) is 11.5 Å². The summed E-state index contributed by atoms with van der Waals surface area (Å²) < 4.78 is 38.5. The molecule has 1 amide bonds. The van der Waals surface area contributed by atoms with Crippen LogP contribution in [0.4, 0.5) is 0 Å². The predicted molar refractivity (Wildman–Crippen MR) is 109 cm³/mol. The van der Waals surface area contributed by atoms with Gasteiger partial charge in [0.05, 0.1) is 30.9 Å². The molecule has 1 aromatic heterocycles. The molecule has 0 unspecified atom stereocenters. The van der Waals surface area contributed by atoms with Gasteiger partial charge in [-0.2, -0.15) is 4.31 Å². The van der Waals surface area contributed by atoms with Crippen molar-refractivity contribution < 1.29 is 22.4 Å². The Morgan fingerprint density at radius 3 is 2.38 bits per heavy atom. The monoisotopic (exact) mass is 420 g/mol. The van der Waals surface area contributed by atoms with E-state index in [1.807, 2.05) is 6.92 Å². The number of rotatable bonds is 8. The molecule has 158 valence electrons. The second kappa shape index (κ2) is 9.93. The van der Waals surface area contributed by atoms with Gasteiger partial charge in [0.2, 0.25) is 15.9 Å². The minimum Gasteiger partial charge on any atom is -0.494 e. The van der Waals surface area contributed by atoms with E-state index in [2.05, 4.69) is 0 Å². The zero-order valence-electron chi connectivity index (χ0n) is 16.7. The van der Waals surface area contributed by atoms with E-state index in [0.717, 1.165) is 25.7 Å². The third-order valence-electron chi connectivity index (χ3n) is 4.96. The number of hydrogen-bond donors (Lipinski definition) is 0. The number of hydrogen-bond acceptors (Lipinski definition) is 5. The van der Waals surface area contributed by atoms with Gasteiger partial charge in [0.15, 0.2) is 0 Å². The largest absolute Gasteiger partial charge is 0.494 e. The molecule has 8 heteroatoms. The third-order valence-corrected chi connectivity index (χ3v) is 6.76. The topological polar surface area (TPSA) is 80.1 Å². The van der Waals surface area contributed by atoms with Crippen molar-refractivity contribution in [3.05, 3.63) is 48.4 Å². The summed E-state index contributed by atoms with van der Waals surface area (Å²) in [5.41, 5.74) is 0. The number of likely N-dealkylation sites (tertiary alicyclic amines) is 1. The van der Waals surface area contributed by atoms with Crippen LogP contribution in [0.1, 0.15) is 38.4 Å². The van der Waals surface area contributed by atoms with E-state index in [1.165, 1.54) is 22.7 Å². The van der Waals surface area contributed by atoms with Crippen LogP contribution in [0.3, 0.4) is 0 Å². The normalized spacial score (nSPS) is 15.3. The Morgan fingerprint density at radius 1 is 1.10 bits per heavy atom. The molecule has 0 atom stereocenters. The van der Waals surface area contributed by atoms with Gasteiger partial charge in [0, 0.05) is 13.1 Å². The Morgan fingerprint density at radius 2 is 1.79 bits per heavy atom. The fourth-order valence-electron chi connectivity index (χ4n) is 3.40. The van der Waals surface area contributed by atoms with Crippen LogP contribution < -0.4 is 4.74 Å². The van der Waals surface area contributed by atoms with Gasteiger partial charge in [-0.15, -0.1) is 0 Å². The number of carbonyl (C=O) groups is 1. The van der Waals surface area contributed by atoms with Crippen molar-refractivity contribution in [2.75, 3.05) is 26.2 Å². The molecule has 0 spiro atoms. The van der Waals surface area contributed by atoms with Crippen LogP contribution in [0.25, 0.3) is 0 Å². The molecule has 0 radical (unpaired) electrons. The van der Waals surface area contributed by atoms with Gasteiger partial charge in [-0.3, -0.25) is 4.79 Å². The van der Waals surface area contributed by atoms with Crippen molar-refractivity contribution in [2.45, 2.75) is 44.0 Å². The van der Waals surface area contributed by atoms with Gasteiger partial charge in [-0.1, -0.05) is 12.8 Å². The van der Waals surface area contributed by atoms with E-state index < -0.39 is 10.0 Å². The van der Waals surface area contributed by atoms with Crippen LogP contribution in [0.5, 0.6) is 5.75 Å². The Bertz CT molecular complexity index is 870. The predicted octanol–water partition coefficient (Wildman–Crippen LogP) is 3.27. The van der Waals surface area contributed by atoms with Gasteiger partial charge < -0.3 is 14.1 Å². The SMILES string of the molecule is CCOc1ccc(S(=O)(=O)N(CC(=O)N2CCCCCC2)Cc2ccco2)cc1. The van der Waals surface area contributed by atoms with Crippen molar-refractivity contribution >= 4 is 15.9 Å². The number of sulfonamides is 1. The molecule has 1 fully saturated rings. The van der Waals surface area contributed by atoms with Crippen LogP contribution >= 0.6 is 0 Å². The fraction of sp³-hybridized carbons (Fsp3) is 0.476. The lowest BCUT2D eigenvalue weighted by Crippen LogP contribution is -2.42. The third kappa shape index (κ3) is 5.61. The summed E-state index contributed by atoms with van der Waals surface area (Å²) in [7, 11) is -3.88. The number of nitrogens with zero attached hydrogens (tertiary/aromatic N) is 2. The highest BCUT2D eigenvalue weighted by atomic mass is 32.2. The molecule has 1 aliphatic rings. The van der Waals surface area contributed by atoms with Crippen LogP contribution in [-0.2, 0) is 21.4 Å². The average Bonchev–Trinajstić information content (AvgIpc) is 3.07. The molecule has 0 bridgehead atoms. The number of carbonyl (C=O) groups excluding carboxylic acids is 1. The molecule has 2 heterocycles. The summed E-state index contributed by atoms with van der Waals surface area (Å²) in [5, 5.41) is 0. The minimum absolute atomic E-state index is 0.00211. The fourth-order valence-corrected chi connectivity index (χ4v) is 4.75. The Hall–Kier alpha value is -2.32. The summed E-state index contributed by atoms with van der Waals surface area (Å²) in [6, 6.07) is 9.67. The summed E-state index contributed by atoms with van der Waals surface area (Å²) in [6.45, 7) is 3.51. The highest BCUT2D eigenvalue weighted by Gasteiger charge is 2.29. The van der Waals surface area contributed by atoms with E-state index in [0.29, 0.717) is 31.2 Å². The first-order valence-electron chi connectivity index (χ1n) is 10.0. The summed E-state index contributed by atoms with van der Waals surface area (Å²) in [5.74, 6) is 0.917. The Labute approximate surface area is 172 Å². The van der Waals surface area contributed by atoms with Gasteiger partial charge in [-0.25, -0.2) is 8.42 Å². The van der Waals surface area contributed by atoms with E-state index in [9.17, 15) is 13.2 Å². The highest BCUT2D eigenvalue weighted by molar-refractivity contribution is 7.89. The first-order chi connectivity index (χ1) is 14.0. The van der Waals surface area contributed by atoms with Gasteiger partial charge >= 0.3 is 0 Å². The second-order valence-corrected chi connectivity index (χ2v) is 8.99. The number of amides is 1. The molecule has 0 saturated carbocycles. The summed E-state index contributed by atoms with van der Waals surface area (Å²) in [4.78, 5) is 14.8. The average molecular weight is 421 g/mol. The molecule has 7 nitrogen and oxygen atoms in total. The molecule has 29 heavy (non-hydrogen) atoms. The maximum Gasteiger partial charge on any atom is 0.243 e. The first-order valence-corrected chi connectivity index (χ1v) is 11.5. The molecular weight excluding hydrogens is 392 g/mol. The van der Waals surface area contributed by atoms with E-state index in [4.69, 9.17) is 9.15 Å². The number of benzene rings is 1. The zero-order chi connectivity index (χ0) is 20.7. The van der Waals surface area contributed by atoms with Crippen LogP contribution in [-0.4, -0.2) is 49.8 Å². The highest BCUT2D eigenvalue weighted by Crippen LogP contribution is 2.22. The van der Waals surface area contributed by atoms with Crippen molar-refractivity contribution in [2.24, 2.45) is 0 Å². The van der Waals surface area contributed by atoms with Gasteiger partial charge in [0.25, 0.3) is 0 Å². The van der Waals surface area contributed by atoms with Crippen LogP contribution in [0.2, 0.25) is 0 Å². The smallest absolute Gasteiger partial charge is 0.243 e. The van der Waals surface area contributed by atoms with Crippen LogP contribution in [0, 0.1) is 0 Å². The van der Waals surface area contributed by atoms with Crippen molar-refractivity contribution in [3.63, 3.8) is 0 Å². The number of furan rings is 1. The maximum atomic E-state index is 13.3. The summed E-state index contributed by atoms with van der Waals surface area (Å²) >= 11 is 0. The van der Waals surface area contributed by atoms with E-state index in [1.54, 1.807) is 29.2 Å². The molecular formula is C21H28N2O5S.